The van der Waals surface area contributed by atoms with Crippen LogP contribution in [0.15, 0.2) is 30.5 Å². The molecule has 102 valence electrons. The van der Waals surface area contributed by atoms with Crippen molar-refractivity contribution in [3.05, 3.63) is 40.9 Å². The number of aromatic nitrogens is 1. The third kappa shape index (κ3) is 3.55. The zero-order valence-electron chi connectivity index (χ0n) is 11.8. The summed E-state index contributed by atoms with van der Waals surface area (Å²) in [7, 11) is 2.07. The van der Waals surface area contributed by atoms with Crippen molar-refractivity contribution in [2.45, 2.75) is 26.8 Å². The van der Waals surface area contributed by atoms with Gasteiger partial charge in [-0.15, -0.1) is 11.3 Å². The van der Waals surface area contributed by atoms with Crippen molar-refractivity contribution < 1.29 is 0 Å². The van der Waals surface area contributed by atoms with Gasteiger partial charge < -0.3 is 10.2 Å². The highest BCUT2D eigenvalue weighted by molar-refractivity contribution is 7.15. The zero-order valence-corrected chi connectivity index (χ0v) is 12.6. The predicted octanol–water partition coefficient (Wildman–Crippen LogP) is 3.58. The van der Waals surface area contributed by atoms with Crippen LogP contribution in [0.2, 0.25) is 0 Å². The topological polar surface area (TPSA) is 28.2 Å². The molecule has 0 bridgehead atoms. The number of benzene rings is 1. The number of hydrogen-bond donors (Lipinski definition) is 1. The van der Waals surface area contributed by atoms with E-state index in [9.17, 15) is 0 Å². The highest BCUT2D eigenvalue weighted by Gasteiger charge is 2.08. The van der Waals surface area contributed by atoms with Gasteiger partial charge in [-0.05, 0) is 30.7 Å². The molecule has 2 aromatic rings. The highest BCUT2D eigenvalue weighted by Crippen LogP contribution is 2.28. The lowest BCUT2D eigenvalue weighted by atomic mass is 10.1. The van der Waals surface area contributed by atoms with Crippen LogP contribution in [-0.4, -0.2) is 18.6 Å². The number of anilines is 2. The molecule has 0 saturated carbocycles. The molecule has 0 aliphatic carbocycles. The van der Waals surface area contributed by atoms with Crippen LogP contribution in [-0.2, 0) is 13.0 Å². The Kier molecular flexibility index (Phi) is 4.93. The maximum absolute atomic E-state index is 4.49. The van der Waals surface area contributed by atoms with E-state index in [2.05, 4.69) is 60.4 Å². The first-order valence-corrected chi connectivity index (χ1v) is 7.54. The normalized spacial score (nSPS) is 10.7. The molecule has 1 aromatic heterocycles. The quantitative estimate of drug-likeness (QED) is 0.873. The summed E-state index contributed by atoms with van der Waals surface area (Å²) in [6.45, 7) is 6.17. The van der Waals surface area contributed by atoms with Crippen LogP contribution in [0.4, 0.5) is 10.8 Å². The summed E-state index contributed by atoms with van der Waals surface area (Å²) >= 11 is 1.74. The molecule has 4 heteroatoms. The van der Waals surface area contributed by atoms with Crippen molar-refractivity contribution in [1.29, 1.82) is 0 Å². The van der Waals surface area contributed by atoms with Gasteiger partial charge in [-0.1, -0.05) is 26.0 Å². The van der Waals surface area contributed by atoms with E-state index in [4.69, 9.17) is 0 Å². The molecule has 3 nitrogen and oxygen atoms in total. The molecular formula is C15H21N3S. The van der Waals surface area contributed by atoms with E-state index in [1.54, 1.807) is 11.3 Å². The van der Waals surface area contributed by atoms with Gasteiger partial charge in [0.1, 0.15) is 0 Å². The fourth-order valence-corrected chi connectivity index (χ4v) is 2.71. The minimum Gasteiger partial charge on any atom is -0.321 e. The van der Waals surface area contributed by atoms with Crippen LogP contribution in [0.3, 0.4) is 0 Å². The van der Waals surface area contributed by atoms with Crippen LogP contribution < -0.4 is 10.2 Å². The average molecular weight is 275 g/mol. The summed E-state index contributed by atoms with van der Waals surface area (Å²) < 4.78 is 0. The Balaban J connectivity index is 2.09. The predicted molar refractivity (Wildman–Crippen MR) is 83.4 cm³/mol. The van der Waals surface area contributed by atoms with E-state index < -0.39 is 0 Å². The van der Waals surface area contributed by atoms with Gasteiger partial charge in [-0.3, -0.25) is 0 Å². The van der Waals surface area contributed by atoms with Gasteiger partial charge in [0.2, 0.25) is 0 Å². The lowest BCUT2D eigenvalue weighted by Crippen LogP contribution is -2.10. The lowest BCUT2D eigenvalue weighted by Gasteiger charge is -2.16. The highest BCUT2D eigenvalue weighted by atomic mass is 32.1. The van der Waals surface area contributed by atoms with Gasteiger partial charge >= 0.3 is 0 Å². The maximum Gasteiger partial charge on any atom is 0.189 e. The first kappa shape index (κ1) is 14.0. The number of hydrogen-bond acceptors (Lipinski definition) is 4. The lowest BCUT2D eigenvalue weighted by molar-refractivity contribution is 0.734. The smallest absolute Gasteiger partial charge is 0.189 e. The van der Waals surface area contributed by atoms with Crippen LogP contribution >= 0.6 is 11.3 Å². The van der Waals surface area contributed by atoms with Gasteiger partial charge in [-0.2, -0.15) is 0 Å². The summed E-state index contributed by atoms with van der Waals surface area (Å²) in [5, 5.41) is 4.36. The summed E-state index contributed by atoms with van der Waals surface area (Å²) in [6.07, 6.45) is 3.04. The molecule has 0 saturated heterocycles. The second kappa shape index (κ2) is 6.68. The number of thiazole rings is 1. The number of nitrogens with one attached hydrogen (secondary N) is 1. The van der Waals surface area contributed by atoms with Crippen molar-refractivity contribution in [2.24, 2.45) is 0 Å². The van der Waals surface area contributed by atoms with Crippen molar-refractivity contribution in [2.75, 3.05) is 18.5 Å². The Bertz CT molecular complexity index is 504. The number of aryl methyl sites for hydroxylation is 1. The summed E-state index contributed by atoms with van der Waals surface area (Å²) in [5.74, 6) is 0. The Morgan fingerprint density at radius 2 is 1.95 bits per heavy atom. The second-order valence-corrected chi connectivity index (χ2v) is 5.56. The fraction of sp³-hybridized carbons (Fsp3) is 0.400. The Labute approximate surface area is 119 Å². The monoisotopic (exact) mass is 275 g/mol. The molecule has 1 heterocycles. The average Bonchev–Trinajstić information content (AvgIpc) is 2.93. The van der Waals surface area contributed by atoms with Crippen molar-refractivity contribution in [1.82, 2.24) is 10.3 Å². The Hall–Kier alpha value is -1.39. The number of rotatable bonds is 6. The molecular weight excluding hydrogens is 254 g/mol. The summed E-state index contributed by atoms with van der Waals surface area (Å²) in [5.41, 5.74) is 2.55. The molecule has 0 spiro atoms. The Morgan fingerprint density at radius 3 is 2.58 bits per heavy atom. The first-order chi connectivity index (χ1) is 9.24. The fourth-order valence-electron chi connectivity index (χ4n) is 1.85. The molecule has 19 heavy (non-hydrogen) atoms. The summed E-state index contributed by atoms with van der Waals surface area (Å²) in [4.78, 5) is 7.90. The van der Waals surface area contributed by atoms with Crippen LogP contribution in [0.25, 0.3) is 0 Å². The Morgan fingerprint density at radius 1 is 1.21 bits per heavy atom. The maximum atomic E-state index is 4.49. The molecule has 0 unspecified atom stereocenters. The molecule has 0 aliphatic heterocycles. The largest absolute Gasteiger partial charge is 0.321 e. The minimum atomic E-state index is 0.900. The summed E-state index contributed by atoms with van der Waals surface area (Å²) in [6, 6.07) is 8.67. The van der Waals surface area contributed by atoms with E-state index in [0.717, 1.165) is 24.6 Å². The van der Waals surface area contributed by atoms with Gasteiger partial charge in [0, 0.05) is 30.4 Å². The van der Waals surface area contributed by atoms with Crippen molar-refractivity contribution in [3.8, 4) is 0 Å². The second-order valence-electron chi connectivity index (χ2n) is 4.47. The first-order valence-electron chi connectivity index (χ1n) is 6.72. The van der Waals surface area contributed by atoms with Gasteiger partial charge in [0.25, 0.3) is 0 Å². The zero-order chi connectivity index (χ0) is 13.7. The third-order valence-corrected chi connectivity index (χ3v) is 4.18. The van der Waals surface area contributed by atoms with Crippen LogP contribution in [0.1, 0.15) is 24.3 Å². The molecule has 0 radical (unpaired) electrons. The molecule has 1 aromatic carbocycles. The van der Waals surface area contributed by atoms with E-state index >= 15 is 0 Å². The SMILES string of the molecule is CCNCc1cnc(N(C)c2ccc(CC)cc2)s1. The van der Waals surface area contributed by atoms with Gasteiger partial charge in [0.15, 0.2) is 5.13 Å². The molecule has 0 amide bonds. The molecule has 0 aliphatic rings. The van der Waals surface area contributed by atoms with E-state index in [1.165, 1.54) is 16.1 Å². The van der Waals surface area contributed by atoms with E-state index in [1.807, 2.05) is 6.20 Å². The van der Waals surface area contributed by atoms with Crippen molar-refractivity contribution >= 4 is 22.2 Å². The van der Waals surface area contributed by atoms with Crippen molar-refractivity contribution in [3.63, 3.8) is 0 Å². The standard InChI is InChI=1S/C15H21N3S/c1-4-12-6-8-13(9-7-12)18(3)15-17-11-14(19-15)10-16-5-2/h6-9,11,16H,4-5,10H2,1-3H3. The molecule has 2 rings (SSSR count). The molecule has 0 atom stereocenters. The van der Waals surface area contributed by atoms with E-state index in [0.29, 0.717) is 0 Å². The van der Waals surface area contributed by atoms with Gasteiger partial charge in [0.05, 0.1) is 0 Å². The van der Waals surface area contributed by atoms with E-state index in [-0.39, 0.29) is 0 Å². The van der Waals surface area contributed by atoms with Crippen LogP contribution in [0.5, 0.6) is 0 Å². The van der Waals surface area contributed by atoms with Gasteiger partial charge in [-0.25, -0.2) is 4.98 Å². The van der Waals surface area contributed by atoms with Crippen LogP contribution in [0, 0.1) is 0 Å². The molecule has 0 fully saturated rings. The third-order valence-electron chi connectivity index (χ3n) is 3.11. The number of nitrogens with zero attached hydrogens (tertiary/aromatic N) is 2. The minimum absolute atomic E-state index is 0.900. The molecule has 1 N–H and O–H groups in total.